The number of hydrogen-bond donors (Lipinski definition) is 2. The predicted octanol–water partition coefficient (Wildman–Crippen LogP) is 2.48. The van der Waals surface area contributed by atoms with E-state index in [4.69, 9.17) is 0 Å². The van der Waals surface area contributed by atoms with Crippen molar-refractivity contribution in [2.45, 2.75) is 19.0 Å². The van der Waals surface area contributed by atoms with Gasteiger partial charge in [-0.05, 0) is 25.5 Å². The molecule has 0 aliphatic rings. The van der Waals surface area contributed by atoms with Gasteiger partial charge >= 0.3 is 0 Å². The van der Waals surface area contributed by atoms with Crippen molar-refractivity contribution in [3.05, 3.63) is 51.9 Å². The molecule has 2 heterocycles. The molecule has 0 saturated heterocycles. The number of carbonyl (C=O) groups is 1. The van der Waals surface area contributed by atoms with E-state index in [-0.39, 0.29) is 22.7 Å². The average molecular weight is 329 g/mol. The molecule has 1 aromatic carbocycles. The molecular weight excluding hydrogens is 314 g/mol. The van der Waals surface area contributed by atoms with E-state index >= 15 is 0 Å². The topological polar surface area (TPSA) is 88.0 Å². The molecule has 3 aromatic rings. The number of hydrogen-bond acceptors (Lipinski definition) is 5. The smallest absolute Gasteiger partial charge is 0.255 e. The Kier molecular flexibility index (Phi) is 3.96. The number of aromatic hydroxyl groups is 1. The highest BCUT2D eigenvalue weighted by atomic mass is 32.2. The molecule has 0 unspecified atom stereocenters. The third-order valence-corrected chi connectivity index (χ3v) is 4.57. The fourth-order valence-electron chi connectivity index (χ4n) is 2.54. The maximum absolute atomic E-state index is 12.6. The summed E-state index contributed by atoms with van der Waals surface area (Å²) in [4.78, 5) is 30.2. The molecular formula is C16H15N3O3S. The first-order valence-corrected chi connectivity index (χ1v) is 7.99. The second-order valence-corrected chi connectivity index (χ2v) is 6.12. The molecule has 118 valence electrons. The molecule has 0 saturated carbocycles. The van der Waals surface area contributed by atoms with Gasteiger partial charge in [-0.1, -0.05) is 30.0 Å². The number of aromatic nitrogens is 3. The Morgan fingerprint density at radius 1 is 1.35 bits per heavy atom. The lowest BCUT2D eigenvalue weighted by molar-refractivity contribution is 0.0945. The lowest BCUT2D eigenvalue weighted by Gasteiger charge is -2.06. The Bertz CT molecular complexity index is 959. The first-order chi connectivity index (χ1) is 11.0. The van der Waals surface area contributed by atoms with E-state index in [1.54, 1.807) is 4.57 Å². The average Bonchev–Trinajstić information content (AvgIpc) is 2.76. The van der Waals surface area contributed by atoms with Gasteiger partial charge in [0.1, 0.15) is 0 Å². The van der Waals surface area contributed by atoms with Gasteiger partial charge in [0, 0.05) is 11.1 Å². The van der Waals surface area contributed by atoms with Crippen LogP contribution >= 0.6 is 11.8 Å². The highest BCUT2D eigenvalue weighted by molar-refractivity contribution is 7.99. The summed E-state index contributed by atoms with van der Waals surface area (Å²) in [5.41, 5.74) is 2.38. The lowest BCUT2D eigenvalue weighted by Crippen LogP contribution is -2.15. The fraction of sp³-hybridized carbons (Fsp3) is 0.188. The van der Waals surface area contributed by atoms with Crippen LogP contribution in [0.4, 0.5) is 0 Å². The van der Waals surface area contributed by atoms with Crippen molar-refractivity contribution in [1.29, 1.82) is 0 Å². The molecule has 0 aliphatic heterocycles. The Morgan fingerprint density at radius 3 is 2.83 bits per heavy atom. The molecule has 0 amide bonds. The number of carbonyl (C=O) groups excluding carboxylic acids is 1. The molecule has 3 rings (SSSR count). The summed E-state index contributed by atoms with van der Waals surface area (Å²) in [7, 11) is 0. The van der Waals surface area contributed by atoms with Crippen LogP contribution in [0.5, 0.6) is 5.88 Å². The first-order valence-electron chi connectivity index (χ1n) is 7.00. The Balaban J connectivity index is 1.89. The number of aryl methyl sites for hydroxylation is 1. The standard InChI is InChI=1S/C16H15N3O3S/c1-9-10(2)19(12-6-4-3-5-11(9)12)15(22)8-23-16-17-13(20)7-14(21)18-16/h3-7H,8H2,1-2H3,(H2,17,18,20,21). The Morgan fingerprint density at radius 2 is 2.09 bits per heavy atom. The SMILES string of the molecule is Cc1c(C)n(C(=O)CSc2nc(O)cc(=O)[nH]2)c2ccccc12. The summed E-state index contributed by atoms with van der Waals surface area (Å²) in [5.74, 6) is -0.365. The van der Waals surface area contributed by atoms with Crippen LogP contribution in [0.3, 0.4) is 0 Å². The molecule has 2 N–H and O–H groups in total. The van der Waals surface area contributed by atoms with Crippen molar-refractivity contribution < 1.29 is 9.90 Å². The van der Waals surface area contributed by atoms with E-state index in [0.717, 1.165) is 40.0 Å². The molecule has 0 bridgehead atoms. The number of nitrogens with one attached hydrogen (secondary N) is 1. The van der Waals surface area contributed by atoms with Crippen LogP contribution in [0, 0.1) is 13.8 Å². The maximum atomic E-state index is 12.6. The number of thioether (sulfide) groups is 1. The van der Waals surface area contributed by atoms with Crippen LogP contribution in [-0.4, -0.2) is 31.3 Å². The maximum Gasteiger partial charge on any atom is 0.255 e. The second-order valence-electron chi connectivity index (χ2n) is 5.15. The van der Waals surface area contributed by atoms with Crippen LogP contribution in [-0.2, 0) is 0 Å². The van der Waals surface area contributed by atoms with E-state index < -0.39 is 5.56 Å². The first kappa shape index (κ1) is 15.4. The number of aromatic amines is 1. The summed E-state index contributed by atoms with van der Waals surface area (Å²) in [6, 6.07) is 8.72. The minimum atomic E-state index is -0.453. The largest absolute Gasteiger partial charge is 0.493 e. The molecule has 23 heavy (non-hydrogen) atoms. The zero-order chi connectivity index (χ0) is 16.6. The molecule has 7 heteroatoms. The van der Waals surface area contributed by atoms with Gasteiger partial charge in [0.15, 0.2) is 5.16 Å². The van der Waals surface area contributed by atoms with Crippen LogP contribution in [0.1, 0.15) is 16.1 Å². The van der Waals surface area contributed by atoms with Gasteiger partial charge in [0.25, 0.3) is 5.56 Å². The zero-order valence-electron chi connectivity index (χ0n) is 12.7. The predicted molar refractivity (Wildman–Crippen MR) is 89.3 cm³/mol. The third-order valence-electron chi connectivity index (χ3n) is 3.72. The molecule has 0 aliphatic carbocycles. The molecule has 0 radical (unpaired) electrons. The number of para-hydroxylation sites is 1. The fourth-order valence-corrected chi connectivity index (χ4v) is 3.26. The molecule has 0 spiro atoms. The van der Waals surface area contributed by atoms with Gasteiger partial charge in [0.2, 0.25) is 11.8 Å². The number of benzene rings is 1. The summed E-state index contributed by atoms with van der Waals surface area (Å²) in [5, 5.41) is 10.6. The highest BCUT2D eigenvalue weighted by Crippen LogP contribution is 2.25. The van der Waals surface area contributed by atoms with E-state index in [2.05, 4.69) is 9.97 Å². The van der Waals surface area contributed by atoms with Crippen molar-refractivity contribution in [3.63, 3.8) is 0 Å². The van der Waals surface area contributed by atoms with Gasteiger partial charge in [-0.3, -0.25) is 14.2 Å². The lowest BCUT2D eigenvalue weighted by atomic mass is 10.2. The van der Waals surface area contributed by atoms with Crippen LogP contribution in [0.2, 0.25) is 0 Å². The third kappa shape index (κ3) is 2.87. The van der Waals surface area contributed by atoms with E-state index in [1.807, 2.05) is 38.1 Å². The van der Waals surface area contributed by atoms with Gasteiger partial charge < -0.3 is 10.1 Å². The normalized spacial score (nSPS) is 11.0. The quantitative estimate of drug-likeness (QED) is 0.569. The van der Waals surface area contributed by atoms with Crippen molar-refractivity contribution in [3.8, 4) is 5.88 Å². The van der Waals surface area contributed by atoms with Gasteiger partial charge in [-0.2, -0.15) is 4.98 Å². The van der Waals surface area contributed by atoms with Gasteiger partial charge in [-0.25, -0.2) is 0 Å². The number of H-pyrrole nitrogens is 1. The minimum absolute atomic E-state index is 0.103. The van der Waals surface area contributed by atoms with Gasteiger partial charge in [0.05, 0.1) is 17.3 Å². The van der Waals surface area contributed by atoms with Crippen molar-refractivity contribution in [2.75, 3.05) is 5.75 Å². The van der Waals surface area contributed by atoms with Crippen molar-refractivity contribution in [2.24, 2.45) is 0 Å². The number of rotatable bonds is 3. The Labute approximate surface area is 136 Å². The summed E-state index contributed by atoms with van der Waals surface area (Å²) in [6.07, 6.45) is 0. The minimum Gasteiger partial charge on any atom is -0.493 e. The Hall–Kier alpha value is -2.54. The second kappa shape index (κ2) is 5.92. The highest BCUT2D eigenvalue weighted by Gasteiger charge is 2.16. The molecule has 0 atom stereocenters. The van der Waals surface area contributed by atoms with E-state index in [9.17, 15) is 14.7 Å². The van der Waals surface area contributed by atoms with Crippen molar-refractivity contribution >= 4 is 28.6 Å². The zero-order valence-corrected chi connectivity index (χ0v) is 13.5. The van der Waals surface area contributed by atoms with Crippen LogP contribution < -0.4 is 5.56 Å². The van der Waals surface area contributed by atoms with Gasteiger partial charge in [-0.15, -0.1) is 0 Å². The monoisotopic (exact) mass is 329 g/mol. The van der Waals surface area contributed by atoms with E-state index in [1.165, 1.54) is 0 Å². The summed E-state index contributed by atoms with van der Waals surface area (Å²) >= 11 is 1.08. The molecule has 0 fully saturated rings. The van der Waals surface area contributed by atoms with E-state index in [0.29, 0.717) is 0 Å². The van der Waals surface area contributed by atoms with Crippen LogP contribution in [0.25, 0.3) is 10.9 Å². The molecule has 2 aromatic heterocycles. The summed E-state index contributed by atoms with van der Waals surface area (Å²) in [6.45, 7) is 3.90. The number of nitrogens with zero attached hydrogens (tertiary/aromatic N) is 2. The van der Waals surface area contributed by atoms with Crippen molar-refractivity contribution in [1.82, 2.24) is 14.5 Å². The van der Waals surface area contributed by atoms with Crippen LogP contribution in [0.15, 0.2) is 40.3 Å². The molecule has 6 nitrogen and oxygen atoms in total. The number of fused-ring (bicyclic) bond motifs is 1. The summed E-state index contributed by atoms with van der Waals surface area (Å²) < 4.78 is 1.68.